The number of nitrogens with one attached hydrogen (secondary N) is 1. The molecule has 1 saturated heterocycles. The van der Waals surface area contributed by atoms with Crippen molar-refractivity contribution in [3.63, 3.8) is 0 Å². The molecule has 0 aromatic carbocycles. The van der Waals surface area contributed by atoms with Crippen LogP contribution in [0.25, 0.3) is 0 Å². The molecule has 1 amide bonds. The van der Waals surface area contributed by atoms with Crippen molar-refractivity contribution in [3.05, 3.63) is 22.4 Å². The number of amides is 1. The predicted octanol–water partition coefficient (Wildman–Crippen LogP) is 2.13. The quantitative estimate of drug-likeness (QED) is 0.907. The molecule has 0 saturated carbocycles. The molecule has 1 atom stereocenters. The molecule has 0 bridgehead atoms. The zero-order chi connectivity index (χ0) is 12.5. The highest BCUT2D eigenvalue weighted by molar-refractivity contribution is 7.07. The fourth-order valence-electron chi connectivity index (χ4n) is 1.77. The number of rotatable bonds is 3. The van der Waals surface area contributed by atoms with Crippen LogP contribution in [0.1, 0.15) is 18.2 Å². The van der Waals surface area contributed by atoms with Crippen LogP contribution in [0.5, 0.6) is 0 Å². The molecule has 1 aliphatic rings. The number of hydrogen-bond acceptors (Lipinski definition) is 3. The molecular weight excluding hydrogens is 253 g/mol. The molecule has 1 unspecified atom stereocenters. The van der Waals surface area contributed by atoms with Crippen LogP contribution in [0, 0.1) is 0 Å². The second-order valence-corrected chi connectivity index (χ2v) is 4.57. The van der Waals surface area contributed by atoms with Crippen LogP contribution in [-0.2, 0) is 4.79 Å². The Labute approximate surface area is 100 Å². The van der Waals surface area contributed by atoms with Gasteiger partial charge >= 0.3 is 6.18 Å². The Kier molecular flexibility index (Phi) is 3.39. The van der Waals surface area contributed by atoms with Crippen LogP contribution >= 0.6 is 11.3 Å². The van der Waals surface area contributed by atoms with E-state index in [0.29, 0.717) is 0 Å². The first-order valence-corrected chi connectivity index (χ1v) is 6.03. The molecule has 1 fully saturated rings. The molecule has 3 nitrogen and oxygen atoms in total. The molecule has 1 aliphatic heterocycles. The van der Waals surface area contributed by atoms with Gasteiger partial charge in [0.05, 0.1) is 13.0 Å². The third-order valence-corrected chi connectivity index (χ3v) is 3.28. The van der Waals surface area contributed by atoms with Crippen LogP contribution in [-0.4, -0.2) is 30.1 Å². The Bertz CT molecular complexity index is 391. The van der Waals surface area contributed by atoms with Gasteiger partial charge in [-0.15, -0.1) is 0 Å². The summed E-state index contributed by atoms with van der Waals surface area (Å²) in [4.78, 5) is 12.7. The van der Waals surface area contributed by atoms with Crippen molar-refractivity contribution in [2.75, 3.05) is 13.1 Å². The highest BCUT2D eigenvalue weighted by Crippen LogP contribution is 2.27. The van der Waals surface area contributed by atoms with E-state index in [1.807, 2.05) is 16.8 Å². The Morgan fingerprint density at radius 3 is 2.88 bits per heavy atom. The van der Waals surface area contributed by atoms with E-state index >= 15 is 0 Å². The van der Waals surface area contributed by atoms with Gasteiger partial charge < -0.3 is 4.90 Å². The Morgan fingerprint density at radius 2 is 2.29 bits per heavy atom. The van der Waals surface area contributed by atoms with E-state index in [1.54, 1.807) is 0 Å². The zero-order valence-corrected chi connectivity index (χ0v) is 9.64. The molecule has 1 aromatic heterocycles. The summed E-state index contributed by atoms with van der Waals surface area (Å²) in [5.74, 6) is -0.287. The minimum Gasteiger partial charge on any atom is -0.321 e. The number of nitrogens with zero attached hydrogens (tertiary/aromatic N) is 1. The van der Waals surface area contributed by atoms with E-state index in [2.05, 4.69) is 5.32 Å². The van der Waals surface area contributed by atoms with E-state index in [1.165, 1.54) is 16.2 Å². The first kappa shape index (κ1) is 12.4. The SMILES string of the molecule is O=C1CNC(c2ccsc2)N1CCC(F)(F)F. The molecule has 0 spiro atoms. The van der Waals surface area contributed by atoms with Crippen LogP contribution < -0.4 is 5.32 Å². The van der Waals surface area contributed by atoms with Gasteiger partial charge in [-0.2, -0.15) is 24.5 Å². The molecule has 1 N–H and O–H groups in total. The van der Waals surface area contributed by atoms with Crippen LogP contribution in [0.4, 0.5) is 13.2 Å². The topological polar surface area (TPSA) is 32.3 Å². The lowest BCUT2D eigenvalue weighted by Gasteiger charge is -2.24. The Balaban J connectivity index is 2.05. The van der Waals surface area contributed by atoms with Gasteiger partial charge in [0.1, 0.15) is 6.17 Å². The second-order valence-electron chi connectivity index (χ2n) is 3.79. The average Bonchev–Trinajstić information content (AvgIpc) is 2.82. The van der Waals surface area contributed by atoms with Gasteiger partial charge in [-0.1, -0.05) is 0 Å². The summed E-state index contributed by atoms with van der Waals surface area (Å²) in [7, 11) is 0. The van der Waals surface area contributed by atoms with Crippen LogP contribution in [0.2, 0.25) is 0 Å². The van der Waals surface area contributed by atoms with E-state index in [-0.39, 0.29) is 19.0 Å². The third-order valence-electron chi connectivity index (χ3n) is 2.57. The molecule has 17 heavy (non-hydrogen) atoms. The van der Waals surface area contributed by atoms with Crippen molar-refractivity contribution in [1.29, 1.82) is 0 Å². The maximum absolute atomic E-state index is 12.1. The van der Waals surface area contributed by atoms with Crippen molar-refractivity contribution < 1.29 is 18.0 Å². The van der Waals surface area contributed by atoms with Crippen LogP contribution in [0.3, 0.4) is 0 Å². The number of halogens is 3. The summed E-state index contributed by atoms with van der Waals surface area (Å²) < 4.78 is 36.4. The fraction of sp³-hybridized carbons (Fsp3) is 0.500. The third kappa shape index (κ3) is 2.98. The molecule has 2 rings (SSSR count). The largest absolute Gasteiger partial charge is 0.390 e. The fourth-order valence-corrected chi connectivity index (χ4v) is 2.45. The summed E-state index contributed by atoms with van der Waals surface area (Å²) >= 11 is 1.45. The highest BCUT2D eigenvalue weighted by atomic mass is 32.1. The van der Waals surface area contributed by atoms with E-state index in [9.17, 15) is 18.0 Å². The van der Waals surface area contributed by atoms with Crippen LogP contribution in [0.15, 0.2) is 16.8 Å². The minimum atomic E-state index is -4.23. The molecule has 94 valence electrons. The Hall–Kier alpha value is -1.08. The van der Waals surface area contributed by atoms with Gasteiger partial charge in [-0.3, -0.25) is 10.1 Å². The monoisotopic (exact) mass is 264 g/mol. The first-order chi connectivity index (χ1) is 7.97. The van der Waals surface area contributed by atoms with E-state index < -0.39 is 18.8 Å². The maximum Gasteiger partial charge on any atom is 0.390 e. The van der Waals surface area contributed by atoms with Crippen molar-refractivity contribution >= 4 is 17.2 Å². The number of hydrogen-bond donors (Lipinski definition) is 1. The van der Waals surface area contributed by atoms with Gasteiger partial charge in [0.15, 0.2) is 0 Å². The lowest BCUT2D eigenvalue weighted by atomic mass is 10.2. The number of alkyl halides is 3. The van der Waals surface area contributed by atoms with Gasteiger partial charge in [-0.05, 0) is 22.4 Å². The molecule has 1 aromatic rings. The summed E-state index contributed by atoms with van der Waals surface area (Å²) in [5, 5.41) is 6.58. The molecular formula is C10H11F3N2OS. The van der Waals surface area contributed by atoms with E-state index in [0.717, 1.165) is 5.56 Å². The molecule has 2 heterocycles. The van der Waals surface area contributed by atoms with Gasteiger partial charge in [-0.25, -0.2) is 0 Å². The average molecular weight is 264 g/mol. The Morgan fingerprint density at radius 1 is 1.53 bits per heavy atom. The van der Waals surface area contributed by atoms with Crippen molar-refractivity contribution in [2.45, 2.75) is 18.8 Å². The lowest BCUT2D eigenvalue weighted by Crippen LogP contribution is -2.33. The molecule has 0 radical (unpaired) electrons. The van der Waals surface area contributed by atoms with Gasteiger partial charge in [0.2, 0.25) is 5.91 Å². The first-order valence-electron chi connectivity index (χ1n) is 5.09. The summed E-state index contributed by atoms with van der Waals surface area (Å²) in [6.07, 6.45) is -5.63. The van der Waals surface area contributed by atoms with Crippen molar-refractivity contribution in [2.24, 2.45) is 0 Å². The molecule has 0 aliphatic carbocycles. The number of carbonyl (C=O) groups is 1. The number of carbonyl (C=O) groups excluding carboxylic acids is 1. The molecule has 7 heteroatoms. The predicted molar refractivity (Wildman–Crippen MR) is 57.4 cm³/mol. The van der Waals surface area contributed by atoms with Gasteiger partial charge in [0.25, 0.3) is 0 Å². The van der Waals surface area contributed by atoms with Gasteiger partial charge in [0, 0.05) is 6.54 Å². The maximum atomic E-state index is 12.1. The van der Waals surface area contributed by atoms with Crippen molar-refractivity contribution in [1.82, 2.24) is 10.2 Å². The minimum absolute atomic E-state index is 0.0956. The normalized spacial score (nSPS) is 21.2. The standard InChI is InChI=1S/C10H11F3N2OS/c11-10(12,13)2-3-15-8(16)5-14-9(15)7-1-4-17-6-7/h1,4,6,9,14H,2-3,5H2. The second kappa shape index (κ2) is 4.66. The highest BCUT2D eigenvalue weighted by Gasteiger charge is 2.35. The van der Waals surface area contributed by atoms with Crippen molar-refractivity contribution in [3.8, 4) is 0 Å². The van der Waals surface area contributed by atoms with E-state index in [4.69, 9.17) is 0 Å². The number of thiophene rings is 1. The smallest absolute Gasteiger partial charge is 0.321 e. The zero-order valence-electron chi connectivity index (χ0n) is 8.83. The lowest BCUT2D eigenvalue weighted by molar-refractivity contribution is -0.144. The summed E-state index contributed by atoms with van der Waals surface area (Å²) in [5.41, 5.74) is 0.836. The summed E-state index contributed by atoms with van der Waals surface area (Å²) in [6, 6.07) is 1.81. The summed E-state index contributed by atoms with van der Waals surface area (Å²) in [6.45, 7) is -0.200.